The number of ether oxygens (including phenoxy) is 1. The van der Waals surface area contributed by atoms with Gasteiger partial charge in [0.05, 0.1) is 23.8 Å². The first-order valence-corrected chi connectivity index (χ1v) is 10.4. The lowest BCUT2D eigenvalue weighted by atomic mass is 10.0. The Balaban J connectivity index is 1.88. The van der Waals surface area contributed by atoms with Gasteiger partial charge < -0.3 is 4.74 Å². The number of halogens is 3. The lowest BCUT2D eigenvalue weighted by Crippen LogP contribution is -2.27. The molecule has 30 heavy (non-hydrogen) atoms. The molecule has 0 bridgehead atoms. The van der Waals surface area contributed by atoms with Crippen LogP contribution >= 0.6 is 0 Å². The zero-order valence-corrected chi connectivity index (χ0v) is 17.0. The number of hydrogen-bond donors (Lipinski definition) is 1. The molecule has 9 heteroatoms. The Morgan fingerprint density at radius 1 is 1.07 bits per heavy atom. The number of hydrogen-bond acceptors (Lipinski definition) is 4. The summed E-state index contributed by atoms with van der Waals surface area (Å²) in [4.78, 5) is 3.56. The summed E-state index contributed by atoms with van der Waals surface area (Å²) in [7, 11) is -2.64. The highest BCUT2D eigenvalue weighted by atomic mass is 32.2. The summed E-state index contributed by atoms with van der Waals surface area (Å²) in [5.41, 5.74) is 1.19. The maximum Gasteiger partial charge on any atom is 0.416 e. The molecule has 3 aromatic rings. The van der Waals surface area contributed by atoms with Crippen LogP contribution in [0.15, 0.2) is 71.9 Å². The molecule has 0 fully saturated rings. The highest BCUT2D eigenvalue weighted by Crippen LogP contribution is 2.32. The summed E-state index contributed by atoms with van der Waals surface area (Å²) in [5, 5.41) is 0. The van der Waals surface area contributed by atoms with E-state index >= 15 is 0 Å². The molecule has 1 N–H and O–H groups in total. The maximum absolute atomic E-state index is 12.9. The first-order chi connectivity index (χ1) is 14.1. The van der Waals surface area contributed by atoms with E-state index in [4.69, 9.17) is 4.74 Å². The van der Waals surface area contributed by atoms with Gasteiger partial charge in [0.25, 0.3) is 0 Å². The van der Waals surface area contributed by atoms with Gasteiger partial charge in [-0.1, -0.05) is 24.3 Å². The maximum atomic E-state index is 12.9. The normalized spacial score (nSPS) is 13.1. The largest absolute Gasteiger partial charge is 0.494 e. The minimum atomic E-state index is -4.63. The molecule has 1 heterocycles. The summed E-state index contributed by atoms with van der Waals surface area (Å²) in [6.45, 7) is 1.62. The van der Waals surface area contributed by atoms with Gasteiger partial charge in [-0.25, -0.2) is 13.1 Å². The Bertz CT molecular complexity index is 1150. The molecule has 0 saturated carbocycles. The fourth-order valence-corrected chi connectivity index (χ4v) is 4.24. The molecule has 0 aliphatic rings. The lowest BCUT2D eigenvalue weighted by Gasteiger charge is -2.17. The molecule has 5 nitrogen and oxygen atoms in total. The summed E-state index contributed by atoms with van der Waals surface area (Å²) in [6, 6.07) is 11.9. The molecule has 158 valence electrons. The van der Waals surface area contributed by atoms with Crippen LogP contribution in [-0.2, 0) is 16.2 Å². The van der Waals surface area contributed by atoms with Crippen molar-refractivity contribution >= 4 is 10.0 Å². The van der Waals surface area contributed by atoms with Crippen LogP contribution in [0.25, 0.3) is 11.1 Å². The van der Waals surface area contributed by atoms with Crippen molar-refractivity contribution in [3.63, 3.8) is 0 Å². The van der Waals surface area contributed by atoms with Gasteiger partial charge in [0.2, 0.25) is 10.0 Å². The summed E-state index contributed by atoms with van der Waals surface area (Å²) < 4.78 is 71.8. The van der Waals surface area contributed by atoms with Crippen molar-refractivity contribution in [3.8, 4) is 16.9 Å². The van der Waals surface area contributed by atoms with Crippen LogP contribution < -0.4 is 9.46 Å². The zero-order valence-electron chi connectivity index (χ0n) is 16.1. The molecule has 1 unspecified atom stereocenters. The molecule has 2 aromatic carbocycles. The van der Waals surface area contributed by atoms with Crippen molar-refractivity contribution in [2.75, 3.05) is 7.11 Å². The number of aromatic nitrogens is 1. The Morgan fingerprint density at radius 2 is 1.80 bits per heavy atom. The molecule has 0 radical (unpaired) electrons. The molecule has 0 spiro atoms. The van der Waals surface area contributed by atoms with E-state index in [0.29, 0.717) is 17.4 Å². The van der Waals surface area contributed by atoms with E-state index in [-0.39, 0.29) is 0 Å². The van der Waals surface area contributed by atoms with Crippen molar-refractivity contribution < 1.29 is 26.3 Å². The molecule has 0 aliphatic heterocycles. The number of nitrogens with zero attached hydrogens (tertiary/aromatic N) is 1. The van der Waals surface area contributed by atoms with E-state index in [0.717, 1.165) is 29.3 Å². The van der Waals surface area contributed by atoms with Gasteiger partial charge in [-0.15, -0.1) is 0 Å². The van der Waals surface area contributed by atoms with E-state index in [2.05, 4.69) is 9.71 Å². The third-order valence-corrected chi connectivity index (χ3v) is 6.04. The third-order valence-electron chi connectivity index (χ3n) is 4.51. The smallest absolute Gasteiger partial charge is 0.416 e. The Hall–Kier alpha value is -2.91. The van der Waals surface area contributed by atoms with Crippen LogP contribution in [0.3, 0.4) is 0 Å². The molecule has 0 amide bonds. The second-order valence-electron chi connectivity index (χ2n) is 6.57. The van der Waals surface area contributed by atoms with Crippen LogP contribution in [0.1, 0.15) is 24.1 Å². The van der Waals surface area contributed by atoms with Crippen LogP contribution in [-0.4, -0.2) is 20.5 Å². The monoisotopic (exact) mass is 436 g/mol. The molecule has 3 rings (SSSR count). The number of sulfonamides is 1. The van der Waals surface area contributed by atoms with Gasteiger partial charge in [0, 0.05) is 17.8 Å². The number of methoxy groups -OCH3 is 1. The second-order valence-corrected chi connectivity index (χ2v) is 8.28. The predicted octanol–water partition coefficient (Wildman–Crippen LogP) is 4.82. The Labute approximate surface area is 172 Å². The molecule has 1 aromatic heterocycles. The second kappa shape index (κ2) is 8.45. The average Bonchev–Trinajstić information content (AvgIpc) is 2.73. The predicted molar refractivity (Wildman–Crippen MR) is 106 cm³/mol. The van der Waals surface area contributed by atoms with E-state index < -0.39 is 32.7 Å². The standard InChI is InChI=1S/C21H19F3N2O3S/c1-14(26-30(27,28)18-8-4-7-17(12-18)21(22,23)24)15-5-3-6-16(11-15)19-9-10-25-13-20(19)29-2/h3-14,26H,1-2H3. The van der Waals surface area contributed by atoms with E-state index in [1.807, 2.05) is 6.07 Å². The quantitative estimate of drug-likeness (QED) is 0.602. The van der Waals surface area contributed by atoms with E-state index in [9.17, 15) is 21.6 Å². The summed E-state index contributed by atoms with van der Waals surface area (Å²) in [5.74, 6) is 0.562. The van der Waals surface area contributed by atoms with Crippen molar-refractivity contribution in [1.29, 1.82) is 0 Å². The van der Waals surface area contributed by atoms with Gasteiger partial charge in [0.1, 0.15) is 5.75 Å². The number of pyridine rings is 1. The average molecular weight is 436 g/mol. The third kappa shape index (κ3) is 4.80. The van der Waals surface area contributed by atoms with E-state index in [1.54, 1.807) is 43.6 Å². The molecular formula is C21H19F3N2O3S. The first-order valence-electron chi connectivity index (χ1n) is 8.90. The molecule has 1 atom stereocenters. The van der Waals surface area contributed by atoms with Gasteiger partial charge in [-0.2, -0.15) is 13.2 Å². The van der Waals surface area contributed by atoms with Gasteiger partial charge in [-0.3, -0.25) is 4.98 Å². The highest BCUT2D eigenvalue weighted by molar-refractivity contribution is 7.89. The Morgan fingerprint density at radius 3 is 2.50 bits per heavy atom. The van der Waals surface area contributed by atoms with Crippen LogP contribution in [0, 0.1) is 0 Å². The van der Waals surface area contributed by atoms with Gasteiger partial charge in [-0.05, 0) is 48.4 Å². The van der Waals surface area contributed by atoms with Crippen molar-refractivity contribution in [2.45, 2.75) is 24.0 Å². The van der Waals surface area contributed by atoms with Crippen molar-refractivity contribution in [2.24, 2.45) is 0 Å². The minimum Gasteiger partial charge on any atom is -0.494 e. The van der Waals surface area contributed by atoms with Crippen LogP contribution in [0.2, 0.25) is 0 Å². The van der Waals surface area contributed by atoms with Gasteiger partial charge >= 0.3 is 6.18 Å². The fourth-order valence-electron chi connectivity index (χ4n) is 2.97. The van der Waals surface area contributed by atoms with Crippen LogP contribution in [0.5, 0.6) is 5.75 Å². The number of benzene rings is 2. The molecular weight excluding hydrogens is 417 g/mol. The molecule has 0 saturated heterocycles. The van der Waals surface area contributed by atoms with Crippen molar-refractivity contribution in [3.05, 3.63) is 78.1 Å². The lowest BCUT2D eigenvalue weighted by molar-refractivity contribution is -0.137. The fraction of sp³-hybridized carbons (Fsp3) is 0.190. The number of rotatable bonds is 6. The first kappa shape index (κ1) is 21.8. The number of nitrogens with one attached hydrogen (secondary N) is 1. The Kier molecular flexibility index (Phi) is 6.14. The van der Waals surface area contributed by atoms with Crippen molar-refractivity contribution in [1.82, 2.24) is 9.71 Å². The highest BCUT2D eigenvalue weighted by Gasteiger charge is 2.32. The molecule has 0 aliphatic carbocycles. The summed E-state index contributed by atoms with van der Waals surface area (Å²) in [6.07, 6.45) is -1.44. The minimum absolute atomic E-state index is 0.448. The van der Waals surface area contributed by atoms with E-state index in [1.165, 1.54) is 7.11 Å². The number of alkyl halides is 3. The summed E-state index contributed by atoms with van der Waals surface area (Å²) >= 11 is 0. The zero-order chi connectivity index (χ0) is 21.9. The topological polar surface area (TPSA) is 68.3 Å². The van der Waals surface area contributed by atoms with Gasteiger partial charge in [0.15, 0.2) is 0 Å². The SMILES string of the molecule is COc1cnccc1-c1cccc(C(C)NS(=O)(=O)c2cccc(C(F)(F)F)c2)c1. The van der Waals surface area contributed by atoms with Crippen LogP contribution in [0.4, 0.5) is 13.2 Å².